The molecular weight excluding hydrogens is 212 g/mol. The SMILES string of the molecule is Cc1c(N)ncnc1NC1CCCC(C)C1C. The third kappa shape index (κ3) is 2.51. The molecule has 94 valence electrons. The van der Waals surface area contributed by atoms with Crippen molar-refractivity contribution in [2.45, 2.75) is 46.1 Å². The molecule has 2 rings (SSSR count). The summed E-state index contributed by atoms with van der Waals surface area (Å²) in [6.07, 6.45) is 5.38. The maximum absolute atomic E-state index is 5.80. The third-order valence-corrected chi connectivity index (χ3v) is 4.15. The first kappa shape index (κ1) is 12.1. The largest absolute Gasteiger partial charge is 0.383 e. The third-order valence-electron chi connectivity index (χ3n) is 4.15. The summed E-state index contributed by atoms with van der Waals surface area (Å²) in [5.41, 5.74) is 6.75. The molecule has 0 bridgehead atoms. The molecule has 1 aromatic heterocycles. The van der Waals surface area contributed by atoms with Crippen molar-refractivity contribution in [2.75, 3.05) is 11.1 Å². The van der Waals surface area contributed by atoms with Gasteiger partial charge in [0.2, 0.25) is 0 Å². The number of anilines is 2. The molecule has 1 fully saturated rings. The number of hydrogen-bond donors (Lipinski definition) is 2. The first-order chi connectivity index (χ1) is 8.09. The average Bonchev–Trinajstić information content (AvgIpc) is 2.31. The van der Waals surface area contributed by atoms with Gasteiger partial charge in [-0.1, -0.05) is 26.7 Å². The molecular formula is C13H22N4. The Kier molecular flexibility index (Phi) is 3.50. The van der Waals surface area contributed by atoms with Crippen LogP contribution in [0.15, 0.2) is 6.33 Å². The van der Waals surface area contributed by atoms with Crippen molar-refractivity contribution in [1.82, 2.24) is 9.97 Å². The molecule has 0 aromatic carbocycles. The Labute approximate surface area is 103 Å². The summed E-state index contributed by atoms with van der Waals surface area (Å²) in [6, 6.07) is 0.506. The van der Waals surface area contributed by atoms with Crippen LogP contribution in [0.4, 0.5) is 11.6 Å². The van der Waals surface area contributed by atoms with Crippen molar-refractivity contribution < 1.29 is 0 Å². The average molecular weight is 234 g/mol. The summed E-state index contributed by atoms with van der Waals surface area (Å²) in [7, 11) is 0. The second-order valence-electron chi connectivity index (χ2n) is 5.25. The number of nitrogens with zero attached hydrogens (tertiary/aromatic N) is 2. The van der Waals surface area contributed by atoms with Crippen LogP contribution in [0.2, 0.25) is 0 Å². The van der Waals surface area contributed by atoms with Gasteiger partial charge in [0, 0.05) is 11.6 Å². The molecule has 0 aliphatic heterocycles. The van der Waals surface area contributed by atoms with Crippen LogP contribution in [0.3, 0.4) is 0 Å². The second-order valence-corrected chi connectivity index (χ2v) is 5.25. The highest BCUT2D eigenvalue weighted by molar-refractivity contribution is 5.54. The minimum Gasteiger partial charge on any atom is -0.383 e. The molecule has 1 aliphatic carbocycles. The van der Waals surface area contributed by atoms with E-state index in [9.17, 15) is 0 Å². The second kappa shape index (κ2) is 4.90. The van der Waals surface area contributed by atoms with Crippen molar-refractivity contribution in [1.29, 1.82) is 0 Å². The quantitative estimate of drug-likeness (QED) is 0.825. The van der Waals surface area contributed by atoms with E-state index in [1.807, 2.05) is 6.92 Å². The predicted molar refractivity (Wildman–Crippen MR) is 70.8 cm³/mol. The molecule has 3 unspecified atom stereocenters. The molecule has 1 saturated carbocycles. The van der Waals surface area contributed by atoms with E-state index >= 15 is 0 Å². The lowest BCUT2D eigenvalue weighted by Crippen LogP contribution is -2.35. The molecule has 1 aromatic rings. The molecule has 0 amide bonds. The van der Waals surface area contributed by atoms with Gasteiger partial charge in [-0.25, -0.2) is 9.97 Å². The zero-order chi connectivity index (χ0) is 12.4. The van der Waals surface area contributed by atoms with Gasteiger partial charge >= 0.3 is 0 Å². The molecule has 1 aliphatic rings. The monoisotopic (exact) mass is 234 g/mol. The van der Waals surface area contributed by atoms with Crippen LogP contribution in [-0.4, -0.2) is 16.0 Å². The Balaban J connectivity index is 2.12. The Hall–Kier alpha value is -1.32. The van der Waals surface area contributed by atoms with Crippen molar-refractivity contribution >= 4 is 11.6 Å². The zero-order valence-electron chi connectivity index (χ0n) is 10.9. The van der Waals surface area contributed by atoms with Crippen LogP contribution in [0.1, 0.15) is 38.7 Å². The van der Waals surface area contributed by atoms with E-state index in [-0.39, 0.29) is 0 Å². The fraction of sp³-hybridized carbons (Fsp3) is 0.692. The van der Waals surface area contributed by atoms with Gasteiger partial charge in [-0.15, -0.1) is 0 Å². The maximum atomic E-state index is 5.80. The van der Waals surface area contributed by atoms with E-state index in [1.165, 1.54) is 25.6 Å². The standard InChI is InChI=1S/C13H22N4/c1-8-5-4-6-11(9(8)2)17-13-10(3)12(14)15-7-16-13/h7-9,11H,4-6H2,1-3H3,(H3,14,15,16,17). The zero-order valence-corrected chi connectivity index (χ0v) is 10.9. The van der Waals surface area contributed by atoms with Gasteiger partial charge < -0.3 is 11.1 Å². The van der Waals surface area contributed by atoms with Gasteiger partial charge in [-0.3, -0.25) is 0 Å². The Bertz CT molecular complexity index is 391. The van der Waals surface area contributed by atoms with Crippen LogP contribution >= 0.6 is 0 Å². The van der Waals surface area contributed by atoms with Crippen molar-refractivity contribution in [3.63, 3.8) is 0 Å². The number of aromatic nitrogens is 2. The van der Waals surface area contributed by atoms with Gasteiger partial charge in [0.1, 0.15) is 18.0 Å². The summed E-state index contributed by atoms with van der Waals surface area (Å²) in [4.78, 5) is 8.28. The molecule has 1 heterocycles. The van der Waals surface area contributed by atoms with Gasteiger partial charge in [0.25, 0.3) is 0 Å². The first-order valence-electron chi connectivity index (χ1n) is 6.43. The molecule has 4 heteroatoms. The van der Waals surface area contributed by atoms with Gasteiger partial charge in [0.05, 0.1) is 0 Å². The highest BCUT2D eigenvalue weighted by atomic mass is 15.1. The van der Waals surface area contributed by atoms with Crippen molar-refractivity contribution in [3.05, 3.63) is 11.9 Å². The smallest absolute Gasteiger partial charge is 0.134 e. The van der Waals surface area contributed by atoms with Gasteiger partial charge in [-0.2, -0.15) is 0 Å². The van der Waals surface area contributed by atoms with E-state index < -0.39 is 0 Å². The number of nitrogens with two attached hydrogens (primary N) is 1. The normalized spacial score (nSPS) is 29.0. The van der Waals surface area contributed by atoms with E-state index in [4.69, 9.17) is 5.73 Å². The fourth-order valence-electron chi connectivity index (χ4n) is 2.57. The Morgan fingerprint density at radius 1 is 1.29 bits per heavy atom. The topological polar surface area (TPSA) is 63.8 Å². The summed E-state index contributed by atoms with van der Waals surface area (Å²) < 4.78 is 0. The van der Waals surface area contributed by atoms with Crippen molar-refractivity contribution in [3.8, 4) is 0 Å². The van der Waals surface area contributed by atoms with Gasteiger partial charge in [0.15, 0.2) is 0 Å². The highest BCUT2D eigenvalue weighted by Crippen LogP contribution is 2.32. The lowest BCUT2D eigenvalue weighted by Gasteiger charge is -2.35. The molecule has 0 spiro atoms. The fourth-order valence-corrected chi connectivity index (χ4v) is 2.57. The molecule has 0 radical (unpaired) electrons. The molecule has 4 nitrogen and oxygen atoms in total. The maximum Gasteiger partial charge on any atom is 0.134 e. The van der Waals surface area contributed by atoms with E-state index in [2.05, 4.69) is 29.1 Å². The Morgan fingerprint density at radius 3 is 2.82 bits per heavy atom. The number of nitrogens with one attached hydrogen (secondary N) is 1. The Morgan fingerprint density at radius 2 is 2.06 bits per heavy atom. The van der Waals surface area contributed by atoms with Crippen LogP contribution in [-0.2, 0) is 0 Å². The number of hydrogen-bond acceptors (Lipinski definition) is 4. The van der Waals surface area contributed by atoms with E-state index in [1.54, 1.807) is 0 Å². The van der Waals surface area contributed by atoms with E-state index in [0.717, 1.165) is 17.3 Å². The summed E-state index contributed by atoms with van der Waals surface area (Å²) in [6.45, 7) is 6.62. The molecule has 3 atom stereocenters. The number of rotatable bonds is 2. The minimum atomic E-state index is 0.506. The molecule has 3 N–H and O–H groups in total. The van der Waals surface area contributed by atoms with Gasteiger partial charge in [-0.05, 0) is 25.2 Å². The van der Waals surface area contributed by atoms with E-state index in [0.29, 0.717) is 17.8 Å². The minimum absolute atomic E-state index is 0.506. The van der Waals surface area contributed by atoms with Crippen LogP contribution in [0, 0.1) is 18.8 Å². The lowest BCUT2D eigenvalue weighted by atomic mass is 9.78. The summed E-state index contributed by atoms with van der Waals surface area (Å²) in [5, 5.41) is 3.54. The predicted octanol–water partition coefficient (Wildman–Crippen LogP) is 2.60. The van der Waals surface area contributed by atoms with Crippen LogP contribution < -0.4 is 11.1 Å². The first-order valence-corrected chi connectivity index (χ1v) is 6.43. The lowest BCUT2D eigenvalue weighted by molar-refractivity contribution is 0.253. The molecule has 0 saturated heterocycles. The van der Waals surface area contributed by atoms with Crippen molar-refractivity contribution in [2.24, 2.45) is 11.8 Å². The summed E-state index contributed by atoms with van der Waals surface area (Å²) >= 11 is 0. The number of nitrogen functional groups attached to an aromatic ring is 1. The molecule has 17 heavy (non-hydrogen) atoms. The summed E-state index contributed by atoms with van der Waals surface area (Å²) in [5.74, 6) is 2.92. The van der Waals surface area contributed by atoms with Crippen LogP contribution in [0.25, 0.3) is 0 Å². The van der Waals surface area contributed by atoms with Crippen LogP contribution in [0.5, 0.6) is 0 Å². The highest BCUT2D eigenvalue weighted by Gasteiger charge is 2.27.